The van der Waals surface area contributed by atoms with Crippen LogP contribution >= 0.6 is 11.6 Å². The Kier molecular flexibility index (Phi) is 4.17. The van der Waals surface area contributed by atoms with Crippen molar-refractivity contribution in [2.45, 2.75) is 6.92 Å². The number of H-pyrrole nitrogens is 1. The topological polar surface area (TPSA) is 15.8 Å². The summed E-state index contributed by atoms with van der Waals surface area (Å²) in [5, 5.41) is 1.99. The molecule has 0 spiro atoms. The summed E-state index contributed by atoms with van der Waals surface area (Å²) < 4.78 is 0. The second kappa shape index (κ2) is 6.62. The Hall–Kier alpha value is -2.77. The summed E-state index contributed by atoms with van der Waals surface area (Å²) in [6, 6.07) is 26.9. The number of hydrogen-bond donors (Lipinski definition) is 1. The van der Waals surface area contributed by atoms with Gasteiger partial charge in [-0.1, -0.05) is 72.3 Å². The molecule has 0 aliphatic heterocycles. The Morgan fingerprint density at radius 1 is 0.840 bits per heavy atom. The highest BCUT2D eigenvalue weighted by atomic mass is 35.5. The fourth-order valence-electron chi connectivity index (χ4n) is 3.27. The van der Waals surface area contributed by atoms with Crippen molar-refractivity contribution in [1.82, 2.24) is 4.98 Å². The van der Waals surface area contributed by atoms with Crippen molar-refractivity contribution in [2.75, 3.05) is 0 Å². The summed E-state index contributed by atoms with van der Waals surface area (Å²) in [6.07, 6.45) is 2.23. The first kappa shape index (κ1) is 15.7. The van der Waals surface area contributed by atoms with E-state index in [9.17, 15) is 0 Å². The van der Waals surface area contributed by atoms with Gasteiger partial charge >= 0.3 is 0 Å². The molecule has 0 saturated carbocycles. The van der Waals surface area contributed by atoms with E-state index < -0.39 is 0 Å². The fourth-order valence-corrected chi connectivity index (χ4v) is 3.39. The molecule has 1 nitrogen and oxygen atoms in total. The summed E-state index contributed by atoms with van der Waals surface area (Å²) >= 11 is 6.04. The van der Waals surface area contributed by atoms with Crippen molar-refractivity contribution < 1.29 is 0 Å². The molecule has 4 aromatic rings. The first-order valence-corrected chi connectivity index (χ1v) is 8.70. The van der Waals surface area contributed by atoms with Crippen LogP contribution in [0.3, 0.4) is 0 Å². The van der Waals surface area contributed by atoms with Gasteiger partial charge in [-0.2, -0.15) is 0 Å². The lowest BCUT2D eigenvalue weighted by atomic mass is 9.93. The van der Waals surface area contributed by atoms with Gasteiger partial charge in [0.25, 0.3) is 0 Å². The Labute approximate surface area is 152 Å². The molecule has 1 heterocycles. The molecule has 1 N–H and O–H groups in total. The van der Waals surface area contributed by atoms with Gasteiger partial charge in [0.2, 0.25) is 0 Å². The summed E-state index contributed by atoms with van der Waals surface area (Å²) in [5.74, 6) is 0. The van der Waals surface area contributed by atoms with Crippen molar-refractivity contribution in [3.63, 3.8) is 0 Å². The number of nitrogens with one attached hydrogen (secondary N) is 1. The van der Waals surface area contributed by atoms with Crippen molar-refractivity contribution in [1.29, 1.82) is 0 Å². The van der Waals surface area contributed by atoms with Crippen LogP contribution in [0.4, 0.5) is 0 Å². The molecule has 0 bridgehead atoms. The highest BCUT2D eigenvalue weighted by Crippen LogP contribution is 2.34. The number of halogens is 1. The van der Waals surface area contributed by atoms with E-state index in [0.717, 1.165) is 16.1 Å². The molecule has 0 aliphatic rings. The minimum absolute atomic E-state index is 0.752. The van der Waals surface area contributed by atoms with Gasteiger partial charge in [0.1, 0.15) is 0 Å². The zero-order chi connectivity index (χ0) is 17.2. The molecule has 122 valence electrons. The number of aromatic amines is 1. The van der Waals surface area contributed by atoms with Gasteiger partial charge in [0.15, 0.2) is 0 Å². The van der Waals surface area contributed by atoms with E-state index in [1.54, 1.807) is 0 Å². The molecule has 0 atom stereocenters. The van der Waals surface area contributed by atoms with E-state index in [-0.39, 0.29) is 0 Å². The molecule has 0 aliphatic carbocycles. The van der Waals surface area contributed by atoms with Gasteiger partial charge in [0.05, 0.1) is 0 Å². The normalized spacial score (nSPS) is 11.8. The third-order valence-corrected chi connectivity index (χ3v) is 4.68. The molecule has 0 unspecified atom stereocenters. The second-order valence-corrected chi connectivity index (χ2v) is 6.58. The van der Waals surface area contributed by atoms with Crippen LogP contribution in [-0.4, -0.2) is 4.98 Å². The quantitative estimate of drug-likeness (QED) is 0.397. The van der Waals surface area contributed by atoms with E-state index in [4.69, 9.17) is 11.6 Å². The summed E-state index contributed by atoms with van der Waals surface area (Å²) in [5.41, 5.74) is 7.12. The van der Waals surface area contributed by atoms with Crippen LogP contribution in [0.25, 0.3) is 22.6 Å². The van der Waals surface area contributed by atoms with Gasteiger partial charge in [-0.05, 0) is 47.9 Å². The third kappa shape index (κ3) is 3.11. The highest BCUT2D eigenvalue weighted by molar-refractivity contribution is 6.30. The number of fused-ring (bicyclic) bond motifs is 1. The lowest BCUT2D eigenvalue weighted by Crippen LogP contribution is -1.90. The zero-order valence-electron chi connectivity index (χ0n) is 14.0. The summed E-state index contributed by atoms with van der Waals surface area (Å²) in [7, 11) is 0. The molecule has 4 rings (SSSR count). The van der Waals surface area contributed by atoms with Crippen molar-refractivity contribution >= 4 is 34.2 Å². The van der Waals surface area contributed by atoms with E-state index in [1.165, 1.54) is 27.8 Å². The maximum absolute atomic E-state index is 6.04. The minimum atomic E-state index is 0.752. The average molecular weight is 344 g/mol. The van der Waals surface area contributed by atoms with Crippen LogP contribution in [0.15, 0.2) is 78.9 Å². The monoisotopic (exact) mass is 343 g/mol. The molecule has 0 radical (unpaired) electrons. The average Bonchev–Trinajstić information content (AvgIpc) is 2.98. The third-order valence-electron chi connectivity index (χ3n) is 4.43. The van der Waals surface area contributed by atoms with Gasteiger partial charge in [-0.25, -0.2) is 0 Å². The number of aromatic nitrogens is 1. The molecule has 3 aromatic carbocycles. The number of hydrogen-bond acceptors (Lipinski definition) is 0. The lowest BCUT2D eigenvalue weighted by molar-refractivity contribution is 1.28. The molecule has 1 aromatic heterocycles. The minimum Gasteiger partial charge on any atom is -0.358 e. The first-order chi connectivity index (χ1) is 12.2. The standard InChI is InChI=1S/C23H18ClN/c1-16-23(20-9-5-6-10-22(20)25-16)21(18-7-3-2-4-8-18)15-17-11-13-19(24)14-12-17/h2-15,25H,1H3/b21-15+. The SMILES string of the molecule is Cc1[nH]c2ccccc2c1/C(=C/c1ccc(Cl)cc1)c1ccccc1. The number of rotatable bonds is 3. The van der Waals surface area contributed by atoms with Crippen LogP contribution in [0.1, 0.15) is 22.4 Å². The Morgan fingerprint density at radius 3 is 2.28 bits per heavy atom. The van der Waals surface area contributed by atoms with E-state index >= 15 is 0 Å². The van der Waals surface area contributed by atoms with Gasteiger partial charge in [-0.15, -0.1) is 0 Å². The largest absolute Gasteiger partial charge is 0.358 e. The van der Waals surface area contributed by atoms with E-state index in [1.807, 2.05) is 18.2 Å². The maximum Gasteiger partial charge on any atom is 0.0462 e. The molecule has 25 heavy (non-hydrogen) atoms. The fraction of sp³-hybridized carbons (Fsp3) is 0.0435. The highest BCUT2D eigenvalue weighted by Gasteiger charge is 2.14. The first-order valence-electron chi connectivity index (χ1n) is 8.33. The Morgan fingerprint density at radius 2 is 1.52 bits per heavy atom. The number of aryl methyl sites for hydroxylation is 1. The van der Waals surface area contributed by atoms with E-state index in [0.29, 0.717) is 0 Å². The van der Waals surface area contributed by atoms with Crippen LogP contribution in [0.2, 0.25) is 5.02 Å². The van der Waals surface area contributed by atoms with Crippen LogP contribution < -0.4 is 0 Å². The van der Waals surface area contributed by atoms with Gasteiger partial charge in [-0.3, -0.25) is 0 Å². The number of benzene rings is 3. The second-order valence-electron chi connectivity index (χ2n) is 6.15. The zero-order valence-corrected chi connectivity index (χ0v) is 14.7. The number of para-hydroxylation sites is 1. The summed E-state index contributed by atoms with van der Waals surface area (Å²) in [4.78, 5) is 3.51. The predicted molar refractivity (Wildman–Crippen MR) is 108 cm³/mol. The van der Waals surface area contributed by atoms with Crippen molar-refractivity contribution in [2.24, 2.45) is 0 Å². The van der Waals surface area contributed by atoms with E-state index in [2.05, 4.69) is 78.6 Å². The van der Waals surface area contributed by atoms with Crippen molar-refractivity contribution in [3.05, 3.63) is 106 Å². The lowest BCUT2D eigenvalue weighted by Gasteiger charge is -2.10. The summed E-state index contributed by atoms with van der Waals surface area (Å²) in [6.45, 7) is 2.13. The maximum atomic E-state index is 6.04. The Bertz CT molecular complexity index is 1040. The molecule has 0 amide bonds. The molecular weight excluding hydrogens is 326 g/mol. The van der Waals surface area contributed by atoms with Gasteiger partial charge < -0.3 is 4.98 Å². The van der Waals surface area contributed by atoms with Gasteiger partial charge in [0, 0.05) is 27.2 Å². The van der Waals surface area contributed by atoms with Crippen LogP contribution in [0, 0.1) is 6.92 Å². The molecule has 2 heteroatoms. The predicted octanol–water partition coefficient (Wildman–Crippen LogP) is 6.72. The van der Waals surface area contributed by atoms with Crippen LogP contribution in [-0.2, 0) is 0 Å². The Balaban J connectivity index is 1.97. The molecule has 0 fully saturated rings. The molecule has 0 saturated heterocycles. The molecular formula is C23H18ClN. The smallest absolute Gasteiger partial charge is 0.0462 e. The van der Waals surface area contributed by atoms with Crippen LogP contribution in [0.5, 0.6) is 0 Å². The van der Waals surface area contributed by atoms with Crippen molar-refractivity contribution in [3.8, 4) is 0 Å².